The van der Waals surface area contributed by atoms with Crippen molar-refractivity contribution in [3.8, 4) is 11.4 Å². The second kappa shape index (κ2) is 9.62. The third kappa shape index (κ3) is 5.38. The molecule has 1 heterocycles. The molecule has 1 aromatic heterocycles. The van der Waals surface area contributed by atoms with Gasteiger partial charge in [-0.15, -0.1) is 10.2 Å². The Balaban J connectivity index is 2.33. The number of nitrogens with one attached hydrogen (secondary N) is 1. The number of amides is 1. The van der Waals surface area contributed by atoms with Crippen molar-refractivity contribution in [2.75, 3.05) is 6.54 Å². The molecule has 0 fully saturated rings. The van der Waals surface area contributed by atoms with E-state index in [-0.39, 0.29) is 11.2 Å². The minimum absolute atomic E-state index is 0.00187. The third-order valence-corrected chi connectivity index (χ3v) is 5.27. The number of nitrogens with zero attached hydrogens (tertiary/aromatic N) is 3. The van der Waals surface area contributed by atoms with E-state index >= 15 is 0 Å². The minimum Gasteiger partial charge on any atom is -0.355 e. The highest BCUT2D eigenvalue weighted by Crippen LogP contribution is 2.33. The topological polar surface area (TPSA) is 59.8 Å². The number of halogens is 2. The number of benzene rings is 1. The molecule has 0 radical (unpaired) electrons. The summed E-state index contributed by atoms with van der Waals surface area (Å²) in [6.45, 7) is 9.55. The molecular weight excluding hydrogens is 391 g/mol. The first-order valence-corrected chi connectivity index (χ1v) is 10.3. The van der Waals surface area contributed by atoms with Crippen LogP contribution in [0.1, 0.15) is 34.1 Å². The zero-order valence-electron chi connectivity index (χ0n) is 15.4. The molecule has 1 atom stereocenters. The van der Waals surface area contributed by atoms with Crippen molar-refractivity contribution in [2.24, 2.45) is 5.92 Å². The van der Waals surface area contributed by atoms with Crippen LogP contribution in [-0.2, 0) is 11.3 Å². The van der Waals surface area contributed by atoms with E-state index < -0.39 is 0 Å². The molecule has 8 heteroatoms. The Morgan fingerprint density at radius 3 is 2.62 bits per heavy atom. The van der Waals surface area contributed by atoms with Crippen LogP contribution in [0.3, 0.4) is 0 Å². The first kappa shape index (κ1) is 21.1. The van der Waals surface area contributed by atoms with Crippen LogP contribution < -0.4 is 5.32 Å². The van der Waals surface area contributed by atoms with Gasteiger partial charge < -0.3 is 9.88 Å². The Morgan fingerprint density at radius 1 is 1.27 bits per heavy atom. The van der Waals surface area contributed by atoms with Gasteiger partial charge in [0.1, 0.15) is 0 Å². The second-order valence-corrected chi connectivity index (χ2v) is 8.64. The van der Waals surface area contributed by atoms with Crippen LogP contribution in [0.25, 0.3) is 11.4 Å². The SMILES string of the molecule is CCCNC(=O)[C@H](C)Sc1nnc(-c2ccc(Cl)cc2Cl)n1CC(C)C. The maximum Gasteiger partial charge on any atom is 0.233 e. The molecule has 142 valence electrons. The third-order valence-electron chi connectivity index (χ3n) is 3.64. The van der Waals surface area contributed by atoms with Crippen LogP contribution in [-0.4, -0.2) is 32.5 Å². The van der Waals surface area contributed by atoms with Crippen molar-refractivity contribution < 1.29 is 4.79 Å². The van der Waals surface area contributed by atoms with Crippen LogP contribution in [0, 0.1) is 5.92 Å². The van der Waals surface area contributed by atoms with Crippen LogP contribution in [0.4, 0.5) is 0 Å². The van der Waals surface area contributed by atoms with Gasteiger partial charge in [0, 0.05) is 23.7 Å². The summed E-state index contributed by atoms with van der Waals surface area (Å²) in [5.41, 5.74) is 0.777. The number of thioether (sulfide) groups is 1. The summed E-state index contributed by atoms with van der Waals surface area (Å²) in [4.78, 5) is 12.2. The number of carbonyl (C=O) groups is 1. The summed E-state index contributed by atoms with van der Waals surface area (Å²) in [7, 11) is 0. The Bertz CT molecular complexity index is 764. The maximum absolute atomic E-state index is 12.2. The summed E-state index contributed by atoms with van der Waals surface area (Å²) in [6, 6.07) is 5.32. The molecule has 1 aromatic carbocycles. The van der Waals surface area contributed by atoms with E-state index in [1.165, 1.54) is 11.8 Å². The average molecular weight is 415 g/mol. The molecule has 0 bridgehead atoms. The predicted molar refractivity (Wildman–Crippen MR) is 109 cm³/mol. The lowest BCUT2D eigenvalue weighted by Crippen LogP contribution is -2.31. The van der Waals surface area contributed by atoms with Crippen molar-refractivity contribution in [3.63, 3.8) is 0 Å². The maximum atomic E-state index is 12.2. The van der Waals surface area contributed by atoms with Crippen molar-refractivity contribution in [1.82, 2.24) is 20.1 Å². The standard InChI is InChI=1S/C18H24Cl2N4OS/c1-5-8-21-17(25)12(4)26-18-23-22-16(24(18)10-11(2)3)14-7-6-13(19)9-15(14)20/h6-7,9,11-12H,5,8,10H2,1-4H3,(H,21,25)/t12-/m0/s1. The lowest BCUT2D eigenvalue weighted by Gasteiger charge is -2.15. The van der Waals surface area contributed by atoms with Crippen LogP contribution in [0.5, 0.6) is 0 Å². The van der Waals surface area contributed by atoms with Gasteiger partial charge in [-0.05, 0) is 37.5 Å². The molecule has 0 aliphatic heterocycles. The second-order valence-electron chi connectivity index (χ2n) is 6.49. The molecule has 0 saturated carbocycles. The van der Waals surface area contributed by atoms with Gasteiger partial charge >= 0.3 is 0 Å². The monoisotopic (exact) mass is 414 g/mol. The van der Waals surface area contributed by atoms with E-state index in [1.54, 1.807) is 12.1 Å². The lowest BCUT2D eigenvalue weighted by molar-refractivity contribution is -0.120. The number of hydrogen-bond acceptors (Lipinski definition) is 4. The van der Waals surface area contributed by atoms with E-state index in [9.17, 15) is 4.79 Å². The van der Waals surface area contributed by atoms with Crippen molar-refractivity contribution in [1.29, 1.82) is 0 Å². The molecule has 5 nitrogen and oxygen atoms in total. The molecule has 2 aromatic rings. The molecule has 1 amide bonds. The van der Waals surface area contributed by atoms with Gasteiger partial charge in [-0.25, -0.2) is 0 Å². The van der Waals surface area contributed by atoms with Gasteiger partial charge in [0.2, 0.25) is 5.91 Å². The quantitative estimate of drug-likeness (QED) is 0.622. The fraction of sp³-hybridized carbons (Fsp3) is 0.500. The molecular formula is C18H24Cl2N4OS. The Morgan fingerprint density at radius 2 is 2.00 bits per heavy atom. The average Bonchev–Trinajstić information content (AvgIpc) is 2.94. The van der Waals surface area contributed by atoms with Crippen LogP contribution in [0.15, 0.2) is 23.4 Å². The summed E-state index contributed by atoms with van der Waals surface area (Å²) in [5.74, 6) is 1.07. The van der Waals surface area contributed by atoms with E-state index in [0.29, 0.717) is 33.5 Å². The minimum atomic E-state index is -0.259. The van der Waals surface area contributed by atoms with Crippen molar-refractivity contribution in [2.45, 2.75) is 51.1 Å². The number of hydrogen-bond donors (Lipinski definition) is 1. The first-order chi connectivity index (χ1) is 12.3. The normalized spacial score (nSPS) is 12.4. The van der Waals surface area contributed by atoms with Crippen molar-refractivity contribution >= 4 is 40.9 Å². The molecule has 0 aliphatic carbocycles. The fourth-order valence-electron chi connectivity index (χ4n) is 2.38. The molecule has 0 unspecified atom stereocenters. The van der Waals surface area contributed by atoms with E-state index in [0.717, 1.165) is 18.5 Å². The summed E-state index contributed by atoms with van der Waals surface area (Å²) in [5, 5.41) is 13.1. The van der Waals surface area contributed by atoms with E-state index in [1.807, 2.05) is 24.5 Å². The van der Waals surface area contributed by atoms with Crippen LogP contribution >= 0.6 is 35.0 Å². The first-order valence-electron chi connectivity index (χ1n) is 8.66. The van der Waals surface area contributed by atoms with Gasteiger partial charge in [0.15, 0.2) is 11.0 Å². The highest BCUT2D eigenvalue weighted by Gasteiger charge is 2.22. The molecule has 1 N–H and O–H groups in total. The zero-order valence-corrected chi connectivity index (χ0v) is 17.8. The molecule has 0 spiro atoms. The molecule has 26 heavy (non-hydrogen) atoms. The van der Waals surface area contributed by atoms with Crippen LogP contribution in [0.2, 0.25) is 10.0 Å². The van der Waals surface area contributed by atoms with Gasteiger partial charge in [-0.3, -0.25) is 4.79 Å². The Kier molecular flexibility index (Phi) is 7.80. The van der Waals surface area contributed by atoms with Gasteiger partial charge in [0.25, 0.3) is 0 Å². The number of carbonyl (C=O) groups excluding carboxylic acids is 1. The summed E-state index contributed by atoms with van der Waals surface area (Å²) >= 11 is 13.8. The largest absolute Gasteiger partial charge is 0.355 e. The Labute approximate surface area is 168 Å². The van der Waals surface area contributed by atoms with Gasteiger partial charge in [0.05, 0.1) is 10.3 Å². The lowest BCUT2D eigenvalue weighted by atomic mass is 10.2. The number of rotatable bonds is 8. The highest BCUT2D eigenvalue weighted by molar-refractivity contribution is 8.00. The van der Waals surface area contributed by atoms with Gasteiger partial charge in [-0.1, -0.05) is 55.7 Å². The fourth-order valence-corrected chi connectivity index (χ4v) is 3.76. The molecule has 0 aliphatic rings. The molecule has 0 saturated heterocycles. The molecule has 2 rings (SSSR count). The predicted octanol–water partition coefficient (Wildman–Crippen LogP) is 4.91. The van der Waals surface area contributed by atoms with Crippen molar-refractivity contribution in [3.05, 3.63) is 28.2 Å². The Hall–Kier alpha value is -1.24. The summed E-state index contributed by atoms with van der Waals surface area (Å²) < 4.78 is 2.02. The highest BCUT2D eigenvalue weighted by atomic mass is 35.5. The van der Waals surface area contributed by atoms with E-state index in [4.69, 9.17) is 23.2 Å². The smallest absolute Gasteiger partial charge is 0.233 e. The number of aromatic nitrogens is 3. The summed E-state index contributed by atoms with van der Waals surface area (Å²) in [6.07, 6.45) is 0.909. The zero-order chi connectivity index (χ0) is 19.3. The van der Waals surface area contributed by atoms with E-state index in [2.05, 4.69) is 29.4 Å². The van der Waals surface area contributed by atoms with Gasteiger partial charge in [-0.2, -0.15) is 0 Å².